The third-order valence-corrected chi connectivity index (χ3v) is 6.64. The van der Waals surface area contributed by atoms with Crippen LogP contribution >= 0.6 is 0 Å². The first-order chi connectivity index (χ1) is 17.2. The van der Waals surface area contributed by atoms with Crippen molar-refractivity contribution < 1.29 is 14.4 Å². The van der Waals surface area contributed by atoms with Gasteiger partial charge < -0.3 is 11.1 Å². The number of nitrogens with zero attached hydrogens (tertiary/aromatic N) is 1. The molecule has 0 aliphatic heterocycles. The Morgan fingerprint density at radius 2 is 1.47 bits per heavy atom. The first-order valence-corrected chi connectivity index (χ1v) is 14.2. The summed E-state index contributed by atoms with van der Waals surface area (Å²) in [5, 5.41) is 2.89. The molecule has 0 spiro atoms. The molecule has 0 heterocycles. The Bertz CT molecular complexity index is 766. The average Bonchev–Trinajstić information content (AvgIpc) is 2.85. The van der Waals surface area contributed by atoms with Gasteiger partial charge in [0.25, 0.3) is 5.91 Å². The summed E-state index contributed by atoms with van der Waals surface area (Å²) in [4.78, 5) is 41.5. The lowest BCUT2D eigenvalue weighted by atomic mass is 9.98. The van der Waals surface area contributed by atoms with Crippen molar-refractivity contribution in [3.8, 4) is 0 Å². The molecule has 3 amide bonds. The normalized spacial score (nSPS) is 13.8. The van der Waals surface area contributed by atoms with Gasteiger partial charge in [-0.05, 0) is 37.2 Å². The zero-order valence-electron chi connectivity index (χ0n) is 23.4. The van der Waals surface area contributed by atoms with Crippen molar-refractivity contribution in [1.82, 2.24) is 10.2 Å². The first-order valence-electron chi connectivity index (χ1n) is 14.2. The van der Waals surface area contributed by atoms with Gasteiger partial charge in [-0.25, -0.2) is 0 Å². The number of benzene rings is 1. The average molecular weight is 502 g/mol. The van der Waals surface area contributed by atoms with Gasteiger partial charge in [0.1, 0.15) is 6.04 Å². The molecule has 0 bridgehead atoms. The van der Waals surface area contributed by atoms with Crippen LogP contribution in [0, 0.1) is 11.8 Å². The monoisotopic (exact) mass is 501 g/mol. The van der Waals surface area contributed by atoms with Crippen LogP contribution in [0.5, 0.6) is 0 Å². The predicted octanol–water partition coefficient (Wildman–Crippen LogP) is 5.63. The Hall–Kier alpha value is -2.21. The van der Waals surface area contributed by atoms with Crippen molar-refractivity contribution in [2.24, 2.45) is 17.6 Å². The van der Waals surface area contributed by atoms with E-state index in [-0.39, 0.29) is 29.6 Å². The fraction of sp³-hybridized carbons (Fsp3) is 0.700. The maximum absolute atomic E-state index is 13.7. The quantitative estimate of drug-likeness (QED) is 0.255. The highest BCUT2D eigenvalue weighted by atomic mass is 16.2. The van der Waals surface area contributed by atoms with Crippen LogP contribution in [-0.4, -0.2) is 41.2 Å². The molecule has 1 rings (SSSR count). The van der Waals surface area contributed by atoms with Gasteiger partial charge >= 0.3 is 0 Å². The van der Waals surface area contributed by atoms with Crippen molar-refractivity contribution in [2.45, 2.75) is 117 Å². The Balaban J connectivity index is 2.93. The summed E-state index contributed by atoms with van der Waals surface area (Å²) < 4.78 is 0. The smallest absolute Gasteiger partial charge is 0.251 e. The molecule has 1 aromatic rings. The number of nitrogens with one attached hydrogen (secondary N) is 1. The molecule has 36 heavy (non-hydrogen) atoms. The Morgan fingerprint density at radius 3 is 2.08 bits per heavy atom. The van der Waals surface area contributed by atoms with Crippen LogP contribution in [-0.2, 0) is 20.8 Å². The van der Waals surface area contributed by atoms with Crippen LogP contribution in [0.3, 0.4) is 0 Å². The fourth-order valence-electron chi connectivity index (χ4n) is 4.41. The molecule has 0 saturated carbocycles. The second-order valence-electron chi connectivity index (χ2n) is 10.6. The molecule has 3 N–H and O–H groups in total. The van der Waals surface area contributed by atoms with Crippen molar-refractivity contribution in [3.05, 3.63) is 35.9 Å². The number of nitrogens with two attached hydrogens (primary N) is 1. The van der Waals surface area contributed by atoms with Gasteiger partial charge in [0.05, 0.1) is 6.04 Å². The van der Waals surface area contributed by atoms with Gasteiger partial charge in [0, 0.05) is 12.5 Å². The number of imide groups is 1. The molecule has 1 aromatic carbocycles. The molecule has 0 saturated heterocycles. The van der Waals surface area contributed by atoms with E-state index >= 15 is 0 Å². The molecule has 204 valence electrons. The van der Waals surface area contributed by atoms with Gasteiger partial charge in [-0.3, -0.25) is 19.3 Å². The number of carbonyl (C=O) groups is 3. The van der Waals surface area contributed by atoms with Crippen molar-refractivity contribution in [3.63, 3.8) is 0 Å². The summed E-state index contributed by atoms with van der Waals surface area (Å²) in [6, 6.07) is 8.08. The summed E-state index contributed by atoms with van der Waals surface area (Å²) in [5.74, 6) is -0.824. The summed E-state index contributed by atoms with van der Waals surface area (Å²) in [6.45, 7) is 10.6. The van der Waals surface area contributed by atoms with Crippen LogP contribution in [0.25, 0.3) is 0 Å². The van der Waals surface area contributed by atoms with Crippen LogP contribution in [0.2, 0.25) is 0 Å². The Kier molecular flexibility index (Phi) is 16.0. The van der Waals surface area contributed by atoms with E-state index in [1.165, 1.54) is 24.2 Å². The van der Waals surface area contributed by atoms with Gasteiger partial charge in [0.15, 0.2) is 0 Å². The molecule has 6 nitrogen and oxygen atoms in total. The zero-order chi connectivity index (χ0) is 26.9. The lowest BCUT2D eigenvalue weighted by Gasteiger charge is -2.30. The van der Waals surface area contributed by atoms with E-state index < -0.39 is 12.1 Å². The highest BCUT2D eigenvalue weighted by Gasteiger charge is 2.33. The van der Waals surface area contributed by atoms with Crippen LogP contribution in [0.15, 0.2) is 30.3 Å². The fourth-order valence-corrected chi connectivity index (χ4v) is 4.41. The molecule has 2 unspecified atom stereocenters. The summed E-state index contributed by atoms with van der Waals surface area (Å²) >= 11 is 0. The Morgan fingerprint density at radius 1 is 0.861 bits per heavy atom. The third kappa shape index (κ3) is 12.2. The highest BCUT2D eigenvalue weighted by Crippen LogP contribution is 2.17. The summed E-state index contributed by atoms with van der Waals surface area (Å²) in [7, 11) is 0. The maximum atomic E-state index is 13.7. The molecule has 0 aliphatic carbocycles. The number of rotatable bonds is 18. The van der Waals surface area contributed by atoms with Gasteiger partial charge in [0.2, 0.25) is 11.8 Å². The lowest BCUT2D eigenvalue weighted by Crippen LogP contribution is -2.55. The molecule has 6 heteroatoms. The maximum Gasteiger partial charge on any atom is 0.251 e. The largest absolute Gasteiger partial charge is 0.343 e. The molecular weight excluding hydrogens is 450 g/mol. The molecular formula is C30H51N3O3. The summed E-state index contributed by atoms with van der Waals surface area (Å²) in [6.07, 6.45) is 10.0. The van der Waals surface area contributed by atoms with Gasteiger partial charge in [-0.2, -0.15) is 0 Å². The second-order valence-corrected chi connectivity index (χ2v) is 10.6. The SMILES string of the molecule is CCCCCCCC(C)C(=O)N(CCCCC)C(=O)C(CC(C)C)NC(=O)[C@H](N)Cc1ccccc1. The molecule has 0 aliphatic rings. The summed E-state index contributed by atoms with van der Waals surface area (Å²) in [5.41, 5.74) is 7.17. The minimum atomic E-state index is -0.763. The van der Waals surface area contributed by atoms with E-state index in [9.17, 15) is 14.4 Å². The van der Waals surface area contributed by atoms with Gasteiger partial charge in [-0.15, -0.1) is 0 Å². The standard InChI is InChI=1S/C30H51N3O3/c1-6-8-10-11-13-17-24(5)29(35)33(20-16-9-7-2)30(36)27(21-23(3)4)32-28(34)26(31)22-25-18-14-12-15-19-25/h12,14-15,18-19,23-24,26-27H,6-11,13,16-17,20-22,31H2,1-5H3,(H,32,34)/t24?,26-,27?/m1/s1. The van der Waals surface area contributed by atoms with E-state index in [4.69, 9.17) is 5.73 Å². The van der Waals surface area contributed by atoms with Crippen molar-refractivity contribution in [1.29, 1.82) is 0 Å². The van der Waals surface area contributed by atoms with Crippen LogP contribution in [0.4, 0.5) is 0 Å². The molecule has 3 atom stereocenters. The molecule has 0 radical (unpaired) electrons. The third-order valence-electron chi connectivity index (χ3n) is 6.64. The zero-order valence-corrected chi connectivity index (χ0v) is 23.4. The number of unbranched alkanes of at least 4 members (excludes halogenated alkanes) is 6. The second kappa shape index (κ2) is 18.1. The first kappa shape index (κ1) is 31.8. The van der Waals surface area contributed by atoms with E-state index in [1.54, 1.807) is 0 Å². The van der Waals surface area contributed by atoms with E-state index in [0.717, 1.165) is 44.1 Å². The molecule has 0 fully saturated rings. The number of hydrogen-bond acceptors (Lipinski definition) is 4. The predicted molar refractivity (Wildman–Crippen MR) is 148 cm³/mol. The van der Waals surface area contributed by atoms with E-state index in [2.05, 4.69) is 19.2 Å². The van der Waals surface area contributed by atoms with Crippen molar-refractivity contribution in [2.75, 3.05) is 6.54 Å². The topological polar surface area (TPSA) is 92.5 Å². The lowest BCUT2D eigenvalue weighted by molar-refractivity contribution is -0.150. The minimum Gasteiger partial charge on any atom is -0.343 e. The number of carbonyl (C=O) groups excluding carboxylic acids is 3. The minimum absolute atomic E-state index is 0.122. The van der Waals surface area contributed by atoms with Crippen LogP contribution < -0.4 is 11.1 Å². The van der Waals surface area contributed by atoms with Crippen molar-refractivity contribution >= 4 is 17.7 Å². The highest BCUT2D eigenvalue weighted by molar-refractivity contribution is 6.00. The van der Waals surface area contributed by atoms with E-state index in [0.29, 0.717) is 19.4 Å². The number of hydrogen-bond donors (Lipinski definition) is 2. The molecule has 0 aromatic heterocycles. The van der Waals surface area contributed by atoms with E-state index in [1.807, 2.05) is 51.1 Å². The van der Waals surface area contributed by atoms with Crippen LogP contribution in [0.1, 0.15) is 104 Å². The Labute approximate surface area is 219 Å². The van der Waals surface area contributed by atoms with Gasteiger partial charge in [-0.1, -0.05) is 110 Å². The number of amides is 3.